The molecule has 3 heteroatoms. The number of fused-ring (bicyclic) bond motifs is 1. The number of anilines is 1. The first-order valence-electron chi connectivity index (χ1n) is 8.64. The first-order valence-corrected chi connectivity index (χ1v) is 8.64. The monoisotopic (exact) mass is 315 g/mol. The van der Waals surface area contributed by atoms with E-state index in [-0.39, 0.29) is 0 Å². The summed E-state index contributed by atoms with van der Waals surface area (Å²) in [4.78, 5) is 9.92. The Morgan fingerprint density at radius 1 is 0.875 bits per heavy atom. The van der Waals surface area contributed by atoms with Crippen LogP contribution in [0.1, 0.15) is 24.6 Å². The molecule has 0 spiro atoms. The van der Waals surface area contributed by atoms with E-state index in [0.717, 1.165) is 59.8 Å². The zero-order chi connectivity index (χ0) is 16.4. The highest BCUT2D eigenvalue weighted by Gasteiger charge is 2.18. The Bertz CT molecular complexity index is 839. The first-order chi connectivity index (χ1) is 11.8. The van der Waals surface area contributed by atoms with Crippen LogP contribution < -0.4 is 5.32 Å². The summed E-state index contributed by atoms with van der Waals surface area (Å²) in [5.41, 5.74) is 6.59. The van der Waals surface area contributed by atoms with Gasteiger partial charge < -0.3 is 5.32 Å². The Morgan fingerprint density at radius 2 is 1.58 bits per heavy atom. The first kappa shape index (κ1) is 14.9. The lowest BCUT2D eigenvalue weighted by molar-refractivity contribution is 0.790. The predicted molar refractivity (Wildman–Crippen MR) is 99.1 cm³/mol. The maximum Gasteiger partial charge on any atom is 0.148 e. The van der Waals surface area contributed by atoms with Gasteiger partial charge in [0, 0.05) is 17.7 Å². The summed E-state index contributed by atoms with van der Waals surface area (Å²) in [5.74, 6) is 0.939. The molecule has 1 aliphatic heterocycles. The normalized spacial score (nSPS) is 13.2. The van der Waals surface area contributed by atoms with E-state index in [2.05, 4.69) is 48.6 Å². The Labute approximate surface area is 142 Å². The van der Waals surface area contributed by atoms with Gasteiger partial charge in [-0.3, -0.25) is 0 Å². The summed E-state index contributed by atoms with van der Waals surface area (Å²) < 4.78 is 0. The molecule has 24 heavy (non-hydrogen) atoms. The number of nitrogens with zero attached hydrogens (tertiary/aromatic N) is 2. The number of hydrogen-bond acceptors (Lipinski definition) is 3. The van der Waals surface area contributed by atoms with Crippen LogP contribution >= 0.6 is 0 Å². The number of nitrogens with one attached hydrogen (secondary N) is 1. The lowest BCUT2D eigenvalue weighted by atomic mass is 10.0. The van der Waals surface area contributed by atoms with Gasteiger partial charge >= 0.3 is 0 Å². The van der Waals surface area contributed by atoms with Crippen molar-refractivity contribution in [3.8, 4) is 22.5 Å². The molecule has 2 heterocycles. The molecular weight excluding hydrogens is 294 g/mol. The van der Waals surface area contributed by atoms with Crippen molar-refractivity contribution >= 4 is 5.82 Å². The molecule has 0 fully saturated rings. The minimum Gasteiger partial charge on any atom is -0.369 e. The molecule has 3 nitrogen and oxygen atoms in total. The third kappa shape index (κ3) is 2.78. The SMILES string of the molecule is CCc1ccc(-c2nc3c(nc2-c2ccccc2)NCCC3)cc1. The summed E-state index contributed by atoms with van der Waals surface area (Å²) >= 11 is 0. The predicted octanol–water partition coefficient (Wildman–Crippen LogP) is 4.73. The molecule has 1 aromatic heterocycles. The van der Waals surface area contributed by atoms with E-state index in [1.807, 2.05) is 18.2 Å². The smallest absolute Gasteiger partial charge is 0.148 e. The second-order valence-electron chi connectivity index (χ2n) is 6.16. The fourth-order valence-corrected chi connectivity index (χ4v) is 3.15. The van der Waals surface area contributed by atoms with Gasteiger partial charge in [-0.25, -0.2) is 9.97 Å². The molecule has 0 unspecified atom stereocenters. The number of aromatic nitrogens is 2. The highest BCUT2D eigenvalue weighted by molar-refractivity contribution is 5.79. The van der Waals surface area contributed by atoms with E-state index in [1.165, 1.54) is 5.56 Å². The third-order valence-electron chi connectivity index (χ3n) is 4.53. The lowest BCUT2D eigenvalue weighted by Gasteiger charge is -2.19. The molecule has 0 saturated heterocycles. The van der Waals surface area contributed by atoms with Crippen LogP contribution in [-0.2, 0) is 12.8 Å². The van der Waals surface area contributed by atoms with Crippen LogP contribution in [-0.4, -0.2) is 16.5 Å². The fourth-order valence-electron chi connectivity index (χ4n) is 3.15. The highest BCUT2D eigenvalue weighted by Crippen LogP contribution is 2.32. The molecule has 0 bridgehead atoms. The van der Waals surface area contributed by atoms with Gasteiger partial charge in [-0.2, -0.15) is 0 Å². The number of rotatable bonds is 3. The molecule has 0 amide bonds. The Hall–Kier alpha value is -2.68. The molecule has 0 saturated carbocycles. The average molecular weight is 315 g/mol. The largest absolute Gasteiger partial charge is 0.369 e. The van der Waals surface area contributed by atoms with Crippen molar-refractivity contribution in [1.82, 2.24) is 9.97 Å². The number of aryl methyl sites for hydroxylation is 2. The van der Waals surface area contributed by atoms with Gasteiger partial charge in [-0.15, -0.1) is 0 Å². The van der Waals surface area contributed by atoms with Crippen molar-refractivity contribution in [1.29, 1.82) is 0 Å². The van der Waals surface area contributed by atoms with Crippen LogP contribution in [0.5, 0.6) is 0 Å². The van der Waals surface area contributed by atoms with Crippen molar-refractivity contribution in [2.45, 2.75) is 26.2 Å². The van der Waals surface area contributed by atoms with Crippen LogP contribution in [0.2, 0.25) is 0 Å². The molecule has 3 aromatic rings. The zero-order valence-corrected chi connectivity index (χ0v) is 13.9. The van der Waals surface area contributed by atoms with Gasteiger partial charge in [0.15, 0.2) is 0 Å². The highest BCUT2D eigenvalue weighted by atomic mass is 15.0. The molecule has 0 radical (unpaired) electrons. The molecule has 4 rings (SSSR count). The van der Waals surface area contributed by atoms with Crippen molar-refractivity contribution in [2.24, 2.45) is 0 Å². The zero-order valence-electron chi connectivity index (χ0n) is 13.9. The van der Waals surface area contributed by atoms with Crippen LogP contribution in [0.4, 0.5) is 5.82 Å². The molecule has 2 aromatic carbocycles. The van der Waals surface area contributed by atoms with E-state index in [1.54, 1.807) is 0 Å². The van der Waals surface area contributed by atoms with E-state index >= 15 is 0 Å². The van der Waals surface area contributed by atoms with Gasteiger partial charge in [-0.05, 0) is 24.8 Å². The quantitative estimate of drug-likeness (QED) is 0.759. The second-order valence-corrected chi connectivity index (χ2v) is 6.16. The minimum absolute atomic E-state index is 0.939. The summed E-state index contributed by atoms with van der Waals surface area (Å²) in [5, 5.41) is 3.40. The maximum absolute atomic E-state index is 4.99. The third-order valence-corrected chi connectivity index (χ3v) is 4.53. The van der Waals surface area contributed by atoms with Crippen LogP contribution in [0, 0.1) is 0 Å². The molecule has 0 aliphatic carbocycles. The van der Waals surface area contributed by atoms with Crippen molar-refractivity contribution < 1.29 is 0 Å². The van der Waals surface area contributed by atoms with Crippen LogP contribution in [0.3, 0.4) is 0 Å². The van der Waals surface area contributed by atoms with Gasteiger partial charge in [0.05, 0.1) is 17.1 Å². The number of hydrogen-bond donors (Lipinski definition) is 1. The summed E-state index contributed by atoms with van der Waals surface area (Å²) in [6, 6.07) is 19.0. The van der Waals surface area contributed by atoms with E-state index < -0.39 is 0 Å². The summed E-state index contributed by atoms with van der Waals surface area (Å²) in [6.45, 7) is 3.15. The topological polar surface area (TPSA) is 37.8 Å². The Morgan fingerprint density at radius 3 is 2.33 bits per heavy atom. The van der Waals surface area contributed by atoms with Gasteiger partial charge in [-0.1, -0.05) is 61.5 Å². The Balaban J connectivity index is 1.89. The van der Waals surface area contributed by atoms with E-state index in [4.69, 9.17) is 9.97 Å². The molecular formula is C21H21N3. The lowest BCUT2D eigenvalue weighted by Crippen LogP contribution is -2.16. The Kier molecular flexibility index (Phi) is 3.99. The van der Waals surface area contributed by atoms with E-state index in [0.29, 0.717) is 0 Å². The fraction of sp³-hybridized carbons (Fsp3) is 0.238. The molecule has 1 N–H and O–H groups in total. The molecule has 120 valence electrons. The van der Waals surface area contributed by atoms with Gasteiger partial charge in [0.2, 0.25) is 0 Å². The minimum atomic E-state index is 0.939. The van der Waals surface area contributed by atoms with Gasteiger partial charge in [0.25, 0.3) is 0 Å². The van der Waals surface area contributed by atoms with Gasteiger partial charge in [0.1, 0.15) is 5.82 Å². The van der Waals surface area contributed by atoms with Crippen molar-refractivity contribution in [3.63, 3.8) is 0 Å². The second kappa shape index (κ2) is 6.44. The summed E-state index contributed by atoms with van der Waals surface area (Å²) in [6.07, 6.45) is 3.15. The van der Waals surface area contributed by atoms with Crippen molar-refractivity contribution in [2.75, 3.05) is 11.9 Å². The van der Waals surface area contributed by atoms with E-state index in [9.17, 15) is 0 Å². The number of benzene rings is 2. The maximum atomic E-state index is 4.99. The van der Waals surface area contributed by atoms with Crippen molar-refractivity contribution in [3.05, 3.63) is 65.9 Å². The summed E-state index contributed by atoms with van der Waals surface area (Å²) in [7, 11) is 0. The molecule has 0 atom stereocenters. The average Bonchev–Trinajstić information content (AvgIpc) is 2.68. The van der Waals surface area contributed by atoms with Crippen LogP contribution in [0.25, 0.3) is 22.5 Å². The molecule has 1 aliphatic rings. The van der Waals surface area contributed by atoms with Crippen LogP contribution in [0.15, 0.2) is 54.6 Å². The standard InChI is InChI=1S/C21H21N3/c1-2-15-10-12-17(13-11-15)19-20(16-7-4-3-5-8-16)24-21-18(23-19)9-6-14-22-21/h3-5,7-8,10-13H,2,6,9,14H2,1H3,(H,22,24).